The molecule has 0 fully saturated rings. The van der Waals surface area contributed by atoms with E-state index in [0.29, 0.717) is 19.3 Å². The van der Waals surface area contributed by atoms with E-state index in [2.05, 4.69) is 13.8 Å². The van der Waals surface area contributed by atoms with Crippen LogP contribution in [0.25, 0.3) is 0 Å². The second-order valence-electron chi connectivity index (χ2n) is 10.7. The average Bonchev–Trinajstić information content (AvgIpc) is 2.83. The molecule has 0 heterocycles. The predicted molar refractivity (Wildman–Crippen MR) is 149 cm³/mol. The third kappa shape index (κ3) is 27.4. The number of ether oxygens (including phenoxy) is 1. The summed E-state index contributed by atoms with van der Waals surface area (Å²) in [6.45, 7) is 4.50. The Morgan fingerprint density at radius 3 is 1.31 bits per heavy atom. The maximum Gasteiger partial charge on any atom is 0.306 e. The minimum absolute atomic E-state index is 0.0905. The Labute approximate surface area is 218 Å². The fraction of sp³-hybridized carbons (Fsp3) is 0.935. The summed E-state index contributed by atoms with van der Waals surface area (Å²) < 4.78 is 5.76. The highest BCUT2D eigenvalue weighted by atomic mass is 16.5. The van der Waals surface area contributed by atoms with Crippen molar-refractivity contribution in [1.82, 2.24) is 0 Å². The van der Waals surface area contributed by atoms with Crippen LogP contribution in [0.2, 0.25) is 0 Å². The van der Waals surface area contributed by atoms with Crippen LogP contribution in [0.4, 0.5) is 0 Å². The molecule has 208 valence electrons. The number of hydrogen-bond acceptors (Lipinski definition) is 3. The van der Waals surface area contributed by atoms with Gasteiger partial charge in [-0.3, -0.25) is 9.59 Å². The minimum atomic E-state index is -0.770. The van der Waals surface area contributed by atoms with Crippen molar-refractivity contribution in [2.24, 2.45) is 0 Å². The summed E-state index contributed by atoms with van der Waals surface area (Å²) in [6, 6.07) is 0. The quantitative estimate of drug-likeness (QED) is 0.0864. The summed E-state index contributed by atoms with van der Waals surface area (Å²) in [7, 11) is 0. The van der Waals surface area contributed by atoms with Crippen LogP contribution < -0.4 is 0 Å². The molecule has 0 saturated heterocycles. The van der Waals surface area contributed by atoms with Gasteiger partial charge in [0.15, 0.2) is 0 Å². The zero-order valence-electron chi connectivity index (χ0n) is 23.6. The van der Waals surface area contributed by atoms with Gasteiger partial charge in [0.05, 0.1) is 0 Å². The third-order valence-corrected chi connectivity index (χ3v) is 7.08. The molecule has 0 aromatic rings. The highest BCUT2D eigenvalue weighted by molar-refractivity contribution is 5.69. The number of aliphatic carboxylic acids is 1. The standard InChI is InChI=1S/C31H60O4/c1-3-5-7-9-11-12-13-14-15-16-17-19-21-23-28-31(34)35-29(26-24-27-30(32)33)25-22-20-18-10-8-6-4-2/h29H,3-28H2,1-2H3,(H,32,33). The largest absolute Gasteiger partial charge is 0.481 e. The molecule has 0 aliphatic rings. The molecule has 4 heteroatoms. The molecule has 1 N–H and O–H groups in total. The highest BCUT2D eigenvalue weighted by Gasteiger charge is 2.15. The molecule has 0 aliphatic carbocycles. The van der Waals surface area contributed by atoms with Gasteiger partial charge >= 0.3 is 11.9 Å². The van der Waals surface area contributed by atoms with Crippen molar-refractivity contribution in [3.05, 3.63) is 0 Å². The molecular weight excluding hydrogens is 436 g/mol. The number of carboxylic acid groups (broad SMARTS) is 1. The molecule has 35 heavy (non-hydrogen) atoms. The SMILES string of the molecule is CCCCCCCCCCCCCCCCC(=O)OC(CCCCCCCCC)CCCC(=O)O. The Morgan fingerprint density at radius 2 is 0.886 bits per heavy atom. The van der Waals surface area contributed by atoms with Gasteiger partial charge in [0.2, 0.25) is 0 Å². The Morgan fingerprint density at radius 1 is 0.514 bits per heavy atom. The predicted octanol–water partition coefficient (Wildman–Crippen LogP) is 10.2. The number of carbonyl (C=O) groups excluding carboxylic acids is 1. The van der Waals surface area contributed by atoms with E-state index in [4.69, 9.17) is 9.84 Å². The topological polar surface area (TPSA) is 63.6 Å². The highest BCUT2D eigenvalue weighted by Crippen LogP contribution is 2.18. The van der Waals surface area contributed by atoms with Crippen molar-refractivity contribution >= 4 is 11.9 Å². The third-order valence-electron chi connectivity index (χ3n) is 7.08. The zero-order chi connectivity index (χ0) is 25.8. The molecule has 0 aromatic heterocycles. The fourth-order valence-electron chi connectivity index (χ4n) is 4.78. The summed E-state index contributed by atoms with van der Waals surface area (Å²) >= 11 is 0. The van der Waals surface area contributed by atoms with Gasteiger partial charge < -0.3 is 9.84 Å². The van der Waals surface area contributed by atoms with Crippen LogP contribution in [0.3, 0.4) is 0 Å². The van der Waals surface area contributed by atoms with E-state index in [1.165, 1.54) is 116 Å². The maximum atomic E-state index is 12.3. The summed E-state index contributed by atoms with van der Waals surface area (Å²) in [5.41, 5.74) is 0. The van der Waals surface area contributed by atoms with Gasteiger partial charge in [-0.2, -0.15) is 0 Å². The van der Waals surface area contributed by atoms with Crippen LogP contribution in [-0.4, -0.2) is 23.1 Å². The van der Waals surface area contributed by atoms with Gasteiger partial charge in [0.1, 0.15) is 6.10 Å². The van der Waals surface area contributed by atoms with Gasteiger partial charge in [-0.05, 0) is 32.1 Å². The lowest BCUT2D eigenvalue weighted by atomic mass is 10.0. The van der Waals surface area contributed by atoms with Gasteiger partial charge in [0, 0.05) is 12.8 Å². The van der Waals surface area contributed by atoms with E-state index >= 15 is 0 Å². The first-order chi connectivity index (χ1) is 17.1. The van der Waals surface area contributed by atoms with Crippen molar-refractivity contribution < 1.29 is 19.4 Å². The second kappa shape index (κ2) is 27.5. The molecule has 0 saturated carbocycles. The van der Waals surface area contributed by atoms with Gasteiger partial charge in [-0.25, -0.2) is 0 Å². The summed E-state index contributed by atoms with van der Waals surface area (Å²) in [6.07, 6.45) is 29.7. The number of rotatable bonds is 28. The smallest absolute Gasteiger partial charge is 0.306 e. The van der Waals surface area contributed by atoms with Crippen LogP contribution in [-0.2, 0) is 14.3 Å². The van der Waals surface area contributed by atoms with Crippen LogP contribution in [0.15, 0.2) is 0 Å². The molecule has 0 amide bonds. The van der Waals surface area contributed by atoms with Crippen molar-refractivity contribution in [1.29, 1.82) is 0 Å². The summed E-state index contributed by atoms with van der Waals surface area (Å²) in [4.78, 5) is 23.2. The molecule has 0 radical (unpaired) electrons. The van der Waals surface area contributed by atoms with E-state index < -0.39 is 5.97 Å². The van der Waals surface area contributed by atoms with Crippen LogP contribution in [0.5, 0.6) is 0 Å². The Kier molecular flexibility index (Phi) is 26.7. The van der Waals surface area contributed by atoms with Gasteiger partial charge in [-0.1, -0.05) is 136 Å². The molecule has 0 rings (SSSR count). The van der Waals surface area contributed by atoms with E-state index in [1.807, 2.05) is 0 Å². The molecular formula is C31H60O4. The Bertz CT molecular complexity index is 463. The van der Waals surface area contributed by atoms with E-state index in [-0.39, 0.29) is 18.5 Å². The lowest BCUT2D eigenvalue weighted by Gasteiger charge is -2.18. The van der Waals surface area contributed by atoms with Crippen molar-refractivity contribution in [2.75, 3.05) is 0 Å². The minimum Gasteiger partial charge on any atom is -0.481 e. The second-order valence-corrected chi connectivity index (χ2v) is 10.7. The van der Waals surface area contributed by atoms with Crippen molar-refractivity contribution in [3.8, 4) is 0 Å². The molecule has 0 aromatic carbocycles. The first-order valence-corrected chi connectivity index (χ1v) is 15.5. The monoisotopic (exact) mass is 496 g/mol. The number of carboxylic acids is 1. The molecule has 1 atom stereocenters. The first-order valence-electron chi connectivity index (χ1n) is 15.5. The number of hydrogen-bond donors (Lipinski definition) is 1. The molecule has 0 bridgehead atoms. The van der Waals surface area contributed by atoms with E-state index in [0.717, 1.165) is 25.7 Å². The summed E-state index contributed by atoms with van der Waals surface area (Å²) in [5, 5.41) is 8.91. The Balaban J connectivity index is 3.76. The number of unbranched alkanes of at least 4 members (excludes halogenated alkanes) is 19. The maximum absolute atomic E-state index is 12.3. The van der Waals surface area contributed by atoms with Gasteiger partial charge in [-0.15, -0.1) is 0 Å². The zero-order valence-corrected chi connectivity index (χ0v) is 23.6. The number of esters is 1. The van der Waals surface area contributed by atoms with E-state index in [1.54, 1.807) is 0 Å². The van der Waals surface area contributed by atoms with Gasteiger partial charge in [0.25, 0.3) is 0 Å². The molecule has 1 unspecified atom stereocenters. The Hall–Kier alpha value is -1.06. The molecule has 4 nitrogen and oxygen atoms in total. The van der Waals surface area contributed by atoms with Crippen LogP contribution in [0, 0.1) is 0 Å². The van der Waals surface area contributed by atoms with Crippen molar-refractivity contribution in [2.45, 2.75) is 187 Å². The normalized spacial score (nSPS) is 12.1. The molecule has 0 spiro atoms. The fourth-order valence-corrected chi connectivity index (χ4v) is 4.78. The van der Waals surface area contributed by atoms with E-state index in [9.17, 15) is 9.59 Å². The van der Waals surface area contributed by atoms with Crippen molar-refractivity contribution in [3.63, 3.8) is 0 Å². The number of carbonyl (C=O) groups is 2. The molecule has 0 aliphatic heterocycles. The summed E-state index contributed by atoms with van der Waals surface area (Å²) in [5.74, 6) is -0.861. The first kappa shape index (κ1) is 33.9. The lowest BCUT2D eigenvalue weighted by Crippen LogP contribution is -2.18. The lowest BCUT2D eigenvalue weighted by molar-refractivity contribution is -0.150. The van der Waals surface area contributed by atoms with Crippen LogP contribution in [0.1, 0.15) is 181 Å². The average molecular weight is 497 g/mol. The van der Waals surface area contributed by atoms with Crippen LogP contribution >= 0.6 is 0 Å².